The van der Waals surface area contributed by atoms with Crippen LogP contribution in [0, 0.1) is 11.3 Å². The number of hydrogen-bond donors (Lipinski definition) is 1. The Labute approximate surface area is 102 Å². The van der Waals surface area contributed by atoms with Crippen molar-refractivity contribution in [3.05, 3.63) is 22.8 Å². The van der Waals surface area contributed by atoms with E-state index in [1.165, 1.54) is 0 Å². The molecule has 0 aliphatic rings. The van der Waals surface area contributed by atoms with Crippen molar-refractivity contribution in [3.63, 3.8) is 0 Å². The fourth-order valence-electron chi connectivity index (χ4n) is 1.00. The summed E-state index contributed by atoms with van der Waals surface area (Å²) in [5.41, 5.74) is 0. The maximum Gasteiger partial charge on any atom is 0.105 e. The Hall–Kier alpha value is -0.570. The molecule has 1 aromatic rings. The Morgan fingerprint density at radius 3 is 3.00 bits per heavy atom. The van der Waals surface area contributed by atoms with Crippen molar-refractivity contribution >= 4 is 27.7 Å². The van der Waals surface area contributed by atoms with Crippen molar-refractivity contribution in [2.45, 2.75) is 18.0 Å². The summed E-state index contributed by atoms with van der Waals surface area (Å²) in [5, 5.41) is 12.9. The Bertz CT molecular complexity index is 334. The molecule has 0 amide bonds. The van der Waals surface area contributed by atoms with E-state index < -0.39 is 0 Å². The molecule has 0 aliphatic carbocycles. The van der Waals surface area contributed by atoms with E-state index >= 15 is 0 Å². The smallest absolute Gasteiger partial charge is 0.105 e. The van der Waals surface area contributed by atoms with Crippen LogP contribution >= 0.6 is 27.7 Å². The van der Waals surface area contributed by atoms with E-state index in [0.717, 1.165) is 21.8 Å². The average molecular weight is 286 g/mol. The molecule has 5 heteroatoms. The number of thioether (sulfide) groups is 1. The Morgan fingerprint density at radius 1 is 1.67 bits per heavy atom. The molecule has 0 saturated carbocycles. The second-order valence-corrected chi connectivity index (χ2v) is 4.82. The molecule has 0 saturated heterocycles. The van der Waals surface area contributed by atoms with E-state index in [1.807, 2.05) is 19.1 Å². The van der Waals surface area contributed by atoms with Crippen LogP contribution in [0.4, 0.5) is 0 Å². The van der Waals surface area contributed by atoms with Crippen molar-refractivity contribution in [1.82, 2.24) is 10.3 Å². The standard InChI is InChI=1S/C10H12BrN3S/c1-2-13-9(5-12)7-15-10-4-3-8(11)6-14-10/h3-4,6,9,13H,2,7H2,1H3. The van der Waals surface area contributed by atoms with E-state index in [0.29, 0.717) is 0 Å². The summed E-state index contributed by atoms with van der Waals surface area (Å²) in [7, 11) is 0. The minimum absolute atomic E-state index is 0.106. The Kier molecular flexibility index (Phi) is 5.69. The van der Waals surface area contributed by atoms with E-state index in [-0.39, 0.29) is 6.04 Å². The minimum Gasteiger partial charge on any atom is -0.302 e. The van der Waals surface area contributed by atoms with Gasteiger partial charge in [0.15, 0.2) is 0 Å². The van der Waals surface area contributed by atoms with Crippen LogP contribution in [0.1, 0.15) is 6.92 Å². The number of rotatable bonds is 5. The van der Waals surface area contributed by atoms with Gasteiger partial charge in [-0.25, -0.2) is 4.98 Å². The van der Waals surface area contributed by atoms with Gasteiger partial charge in [0.2, 0.25) is 0 Å². The molecular weight excluding hydrogens is 274 g/mol. The number of hydrogen-bond acceptors (Lipinski definition) is 4. The first kappa shape index (κ1) is 12.5. The number of aromatic nitrogens is 1. The molecule has 1 atom stereocenters. The van der Waals surface area contributed by atoms with E-state index in [4.69, 9.17) is 5.26 Å². The first-order valence-electron chi connectivity index (χ1n) is 4.63. The number of pyridine rings is 1. The fourth-order valence-corrected chi connectivity index (χ4v) is 2.06. The van der Waals surface area contributed by atoms with Crippen LogP contribution < -0.4 is 5.32 Å². The third-order valence-electron chi connectivity index (χ3n) is 1.70. The second kappa shape index (κ2) is 6.83. The second-order valence-electron chi connectivity index (χ2n) is 2.87. The molecule has 1 heterocycles. The maximum atomic E-state index is 8.83. The lowest BCUT2D eigenvalue weighted by atomic mass is 10.4. The molecule has 0 fully saturated rings. The summed E-state index contributed by atoms with van der Waals surface area (Å²) < 4.78 is 0.968. The third kappa shape index (κ3) is 4.65. The Balaban J connectivity index is 2.42. The van der Waals surface area contributed by atoms with Gasteiger partial charge in [-0.05, 0) is 34.6 Å². The lowest BCUT2D eigenvalue weighted by molar-refractivity contribution is 0.677. The van der Waals surface area contributed by atoms with Crippen LogP contribution in [0.15, 0.2) is 27.8 Å². The minimum atomic E-state index is -0.106. The maximum absolute atomic E-state index is 8.83. The largest absolute Gasteiger partial charge is 0.302 e. The zero-order valence-corrected chi connectivity index (χ0v) is 10.8. The lowest BCUT2D eigenvalue weighted by Crippen LogP contribution is -2.29. The van der Waals surface area contributed by atoms with Gasteiger partial charge in [-0.1, -0.05) is 6.92 Å². The quantitative estimate of drug-likeness (QED) is 0.845. The average Bonchev–Trinajstić information content (AvgIpc) is 2.26. The SMILES string of the molecule is CCNC(C#N)CSc1ccc(Br)cn1. The van der Waals surface area contributed by atoms with Crippen LogP contribution in [0.2, 0.25) is 0 Å². The van der Waals surface area contributed by atoms with E-state index in [2.05, 4.69) is 32.3 Å². The molecule has 1 aromatic heterocycles. The Morgan fingerprint density at radius 2 is 2.47 bits per heavy atom. The number of nitrogens with zero attached hydrogens (tertiary/aromatic N) is 2. The molecule has 80 valence electrons. The first-order valence-corrected chi connectivity index (χ1v) is 6.41. The van der Waals surface area contributed by atoms with Gasteiger partial charge in [-0.2, -0.15) is 5.26 Å². The number of nitrogens with one attached hydrogen (secondary N) is 1. The highest BCUT2D eigenvalue weighted by atomic mass is 79.9. The summed E-state index contributed by atoms with van der Waals surface area (Å²) >= 11 is 4.91. The summed E-state index contributed by atoms with van der Waals surface area (Å²) in [5.74, 6) is 0.721. The van der Waals surface area contributed by atoms with E-state index in [1.54, 1.807) is 18.0 Å². The van der Waals surface area contributed by atoms with Gasteiger partial charge in [0.1, 0.15) is 6.04 Å². The third-order valence-corrected chi connectivity index (χ3v) is 3.21. The normalized spacial score (nSPS) is 12.1. The van der Waals surface area contributed by atoms with Gasteiger partial charge in [-0.15, -0.1) is 11.8 Å². The van der Waals surface area contributed by atoms with Crippen molar-refractivity contribution in [2.75, 3.05) is 12.3 Å². The first-order chi connectivity index (χ1) is 7.26. The zero-order chi connectivity index (χ0) is 11.1. The zero-order valence-electron chi connectivity index (χ0n) is 8.40. The molecule has 1 rings (SSSR count). The van der Waals surface area contributed by atoms with Gasteiger partial charge in [0, 0.05) is 16.4 Å². The highest BCUT2D eigenvalue weighted by molar-refractivity contribution is 9.10. The topological polar surface area (TPSA) is 48.7 Å². The lowest BCUT2D eigenvalue weighted by Gasteiger charge is -2.08. The molecule has 0 spiro atoms. The summed E-state index contributed by atoms with van der Waals surface area (Å²) in [4.78, 5) is 4.22. The van der Waals surface area contributed by atoms with Gasteiger partial charge in [0.25, 0.3) is 0 Å². The summed E-state index contributed by atoms with van der Waals surface area (Å²) in [6.07, 6.45) is 1.76. The molecule has 1 unspecified atom stereocenters. The van der Waals surface area contributed by atoms with E-state index in [9.17, 15) is 0 Å². The van der Waals surface area contributed by atoms with Crippen molar-refractivity contribution < 1.29 is 0 Å². The van der Waals surface area contributed by atoms with Gasteiger partial charge in [0.05, 0.1) is 11.1 Å². The van der Waals surface area contributed by atoms with Crippen LogP contribution in [0.25, 0.3) is 0 Å². The molecule has 0 aliphatic heterocycles. The van der Waals surface area contributed by atoms with Crippen molar-refractivity contribution in [2.24, 2.45) is 0 Å². The fraction of sp³-hybridized carbons (Fsp3) is 0.400. The molecule has 0 radical (unpaired) electrons. The predicted octanol–water partition coefficient (Wildman–Crippen LogP) is 2.44. The molecular formula is C10H12BrN3S. The highest BCUT2D eigenvalue weighted by Gasteiger charge is 2.06. The van der Waals surface area contributed by atoms with Crippen LogP contribution in [-0.4, -0.2) is 23.3 Å². The summed E-state index contributed by atoms with van der Waals surface area (Å²) in [6.45, 7) is 2.80. The summed E-state index contributed by atoms with van der Waals surface area (Å²) in [6, 6.07) is 6.00. The monoisotopic (exact) mass is 285 g/mol. The van der Waals surface area contributed by atoms with Crippen LogP contribution in [0.3, 0.4) is 0 Å². The number of nitriles is 1. The van der Waals surface area contributed by atoms with Crippen molar-refractivity contribution in [1.29, 1.82) is 5.26 Å². The van der Waals surface area contributed by atoms with Gasteiger partial charge < -0.3 is 5.32 Å². The number of halogens is 1. The predicted molar refractivity (Wildman–Crippen MR) is 65.7 cm³/mol. The molecule has 0 bridgehead atoms. The molecule has 0 aromatic carbocycles. The van der Waals surface area contributed by atoms with Gasteiger partial charge in [-0.3, -0.25) is 0 Å². The van der Waals surface area contributed by atoms with Crippen LogP contribution in [0.5, 0.6) is 0 Å². The highest BCUT2D eigenvalue weighted by Crippen LogP contribution is 2.18. The molecule has 15 heavy (non-hydrogen) atoms. The van der Waals surface area contributed by atoms with Gasteiger partial charge >= 0.3 is 0 Å². The molecule has 3 nitrogen and oxygen atoms in total. The van der Waals surface area contributed by atoms with Crippen LogP contribution in [-0.2, 0) is 0 Å². The molecule has 1 N–H and O–H groups in total. The van der Waals surface area contributed by atoms with Crippen molar-refractivity contribution in [3.8, 4) is 6.07 Å².